The van der Waals surface area contributed by atoms with E-state index in [1.54, 1.807) is 36.4 Å². The number of rotatable bonds is 5. The maximum atomic E-state index is 7.18. The average Bonchev–Trinajstić information content (AvgIpc) is 2.91. The fraction of sp³-hybridized carbons (Fsp3) is 0.167. The molecule has 0 aliphatic heterocycles. The highest BCUT2D eigenvalue weighted by atomic mass is 79.9. The van der Waals surface area contributed by atoms with Crippen LogP contribution in [0.4, 0.5) is 0 Å². The van der Waals surface area contributed by atoms with E-state index in [4.69, 9.17) is 116 Å². The van der Waals surface area contributed by atoms with Crippen molar-refractivity contribution in [3.8, 4) is 0 Å². The van der Waals surface area contributed by atoms with Crippen LogP contribution in [0.15, 0.2) is 74.5 Å². The number of benzene rings is 2. The Morgan fingerprint density at radius 1 is 0.550 bits per heavy atom. The summed E-state index contributed by atoms with van der Waals surface area (Å²) in [6.07, 6.45) is 0. The monoisotopic (exact) mass is 1030 g/mol. The molecule has 2 aromatic carbocycles. The zero-order chi connectivity index (χ0) is 29.9. The standard InChI is InChI=1S/C24H8Br4Cl10S2/c25-13-17(33)14(26)20(36)23(19(13)35,9-3-1-7(29)5-11(9)31)39-40-24(10-4-2-8(30)6-12(10)32)21(37)15(27)18(34)16(28)22(24)38/h1-6,19,21H. The van der Waals surface area contributed by atoms with Gasteiger partial charge in [0.05, 0.1) is 39.8 Å². The van der Waals surface area contributed by atoms with E-state index in [2.05, 4.69) is 63.7 Å². The van der Waals surface area contributed by atoms with E-state index in [9.17, 15) is 0 Å². The summed E-state index contributed by atoms with van der Waals surface area (Å²) in [5.41, 5.74) is 1.15. The van der Waals surface area contributed by atoms with Crippen molar-refractivity contribution in [2.45, 2.75) is 20.2 Å². The van der Waals surface area contributed by atoms with Crippen molar-refractivity contribution in [2.75, 3.05) is 0 Å². The molecule has 0 fully saturated rings. The van der Waals surface area contributed by atoms with Gasteiger partial charge >= 0.3 is 0 Å². The highest BCUT2D eigenvalue weighted by Gasteiger charge is 2.56. The Kier molecular flexibility index (Phi) is 12.5. The van der Waals surface area contributed by atoms with Gasteiger partial charge in [-0.2, -0.15) is 0 Å². The van der Waals surface area contributed by atoms with Crippen LogP contribution in [-0.2, 0) is 9.49 Å². The Morgan fingerprint density at radius 3 is 1.18 bits per heavy atom. The molecule has 4 rings (SSSR count). The second kappa shape index (κ2) is 14.0. The molecule has 0 radical (unpaired) electrons. The quantitative estimate of drug-likeness (QED) is 0.216. The smallest absolute Gasteiger partial charge is 0.110 e. The molecule has 2 aromatic rings. The van der Waals surface area contributed by atoms with E-state index in [1.807, 2.05) is 0 Å². The normalized spacial score (nSPS) is 27.8. The average molecular weight is 1030 g/mol. The number of halogens is 14. The molecular formula is C24H8Br4Cl10S2. The highest BCUT2D eigenvalue weighted by Crippen LogP contribution is 2.70. The first-order chi connectivity index (χ1) is 18.6. The van der Waals surface area contributed by atoms with Crippen LogP contribution < -0.4 is 0 Å². The maximum absolute atomic E-state index is 7.18. The first-order valence-corrected chi connectivity index (χ1v) is 19.6. The number of hydrogen-bond donors (Lipinski definition) is 0. The van der Waals surface area contributed by atoms with Crippen molar-refractivity contribution < 1.29 is 0 Å². The summed E-state index contributed by atoms with van der Waals surface area (Å²) in [6.45, 7) is 0. The van der Waals surface area contributed by atoms with E-state index < -0.39 is 20.2 Å². The van der Waals surface area contributed by atoms with Crippen LogP contribution in [0.2, 0.25) is 20.1 Å². The molecule has 0 aromatic heterocycles. The van der Waals surface area contributed by atoms with Gasteiger partial charge in [0.1, 0.15) is 9.49 Å². The van der Waals surface area contributed by atoms with Crippen LogP contribution in [-0.4, -0.2) is 10.8 Å². The van der Waals surface area contributed by atoms with E-state index in [-0.39, 0.29) is 10.1 Å². The Morgan fingerprint density at radius 2 is 0.875 bits per heavy atom. The summed E-state index contributed by atoms with van der Waals surface area (Å²) < 4.78 is -0.652. The van der Waals surface area contributed by atoms with Crippen molar-refractivity contribution in [1.82, 2.24) is 0 Å². The Labute approximate surface area is 322 Å². The minimum Gasteiger partial charge on any atom is -0.115 e. The van der Waals surface area contributed by atoms with Gasteiger partial charge in [0.25, 0.3) is 0 Å². The van der Waals surface area contributed by atoms with Gasteiger partial charge < -0.3 is 0 Å². The Hall–Kier alpha value is 2.92. The SMILES string of the molecule is ClC1=C(Br)C(Cl)C(SSC2(c3ccc(Cl)cc3Cl)C(Cl)=C(Br)C(Cl)=C(Br)C2Cl)(c2ccc(Cl)cc2Cl)C(Cl)=C1Br. The number of alkyl halides is 2. The summed E-state index contributed by atoms with van der Waals surface area (Å²) in [6, 6.07) is 10.1. The first kappa shape index (κ1) is 35.8. The third-order valence-corrected chi connectivity index (χ3v) is 19.3. The lowest BCUT2D eigenvalue weighted by Gasteiger charge is -2.46. The molecule has 0 N–H and O–H groups in total. The van der Waals surface area contributed by atoms with Gasteiger partial charge in [0.2, 0.25) is 0 Å². The predicted molar refractivity (Wildman–Crippen MR) is 198 cm³/mol. The first-order valence-electron chi connectivity index (χ1n) is 10.4. The molecule has 2 aliphatic carbocycles. The summed E-state index contributed by atoms with van der Waals surface area (Å²) in [5.74, 6) is 0. The fourth-order valence-corrected chi connectivity index (χ4v) is 15.5. The minimum absolute atomic E-state index is 0.286. The van der Waals surface area contributed by atoms with Crippen molar-refractivity contribution >= 4 is 201 Å². The Balaban J connectivity index is 2.02. The molecule has 16 heteroatoms. The van der Waals surface area contributed by atoms with Crippen LogP contribution in [0.25, 0.3) is 0 Å². The molecule has 0 nitrogen and oxygen atoms in total. The highest BCUT2D eigenvalue weighted by molar-refractivity contribution is 9.12. The van der Waals surface area contributed by atoms with Crippen molar-refractivity contribution in [3.05, 3.63) is 106 Å². The van der Waals surface area contributed by atoms with Crippen LogP contribution in [0, 0.1) is 0 Å². The summed E-state index contributed by atoms with van der Waals surface area (Å²) in [7, 11) is 2.56. The lowest BCUT2D eigenvalue weighted by atomic mass is 9.90. The lowest BCUT2D eigenvalue weighted by Crippen LogP contribution is -2.40. The van der Waals surface area contributed by atoms with Crippen molar-refractivity contribution in [1.29, 1.82) is 0 Å². The van der Waals surface area contributed by atoms with Gasteiger partial charge in [-0.25, -0.2) is 0 Å². The lowest BCUT2D eigenvalue weighted by molar-refractivity contribution is 0.758. The molecule has 0 bridgehead atoms. The predicted octanol–water partition coefficient (Wildman–Crippen LogP) is 15.4. The molecule has 0 spiro atoms. The van der Waals surface area contributed by atoms with Gasteiger partial charge in [-0.3, -0.25) is 0 Å². The van der Waals surface area contributed by atoms with Crippen LogP contribution in [0.3, 0.4) is 0 Å². The topological polar surface area (TPSA) is 0 Å². The van der Waals surface area contributed by atoms with Gasteiger partial charge in [-0.15, -0.1) is 23.2 Å². The van der Waals surface area contributed by atoms with Crippen LogP contribution in [0.5, 0.6) is 0 Å². The molecule has 0 saturated heterocycles. The van der Waals surface area contributed by atoms with E-state index in [0.717, 1.165) is 0 Å². The molecule has 0 amide bonds. The molecule has 4 atom stereocenters. The van der Waals surface area contributed by atoms with Crippen molar-refractivity contribution in [2.24, 2.45) is 0 Å². The maximum Gasteiger partial charge on any atom is 0.110 e. The zero-order valence-corrected chi connectivity index (χ0v) is 34.3. The summed E-state index contributed by atoms with van der Waals surface area (Å²) >= 11 is 82.0. The number of allylic oxidation sites excluding steroid dienone is 6. The molecule has 0 saturated carbocycles. The van der Waals surface area contributed by atoms with Gasteiger partial charge in [-0.1, -0.05) is 158 Å². The van der Waals surface area contributed by atoms with Crippen LogP contribution in [0.1, 0.15) is 11.1 Å². The fourth-order valence-electron chi connectivity index (χ4n) is 4.00. The molecule has 4 unspecified atom stereocenters. The van der Waals surface area contributed by atoms with Crippen molar-refractivity contribution in [3.63, 3.8) is 0 Å². The van der Waals surface area contributed by atoms with Gasteiger partial charge in [-0.05, 0) is 67.3 Å². The number of hydrogen-bond acceptors (Lipinski definition) is 2. The molecule has 214 valence electrons. The van der Waals surface area contributed by atoms with Crippen LogP contribution >= 0.6 is 201 Å². The van der Waals surface area contributed by atoms with E-state index in [1.165, 1.54) is 21.6 Å². The van der Waals surface area contributed by atoms with E-state index >= 15 is 0 Å². The summed E-state index contributed by atoms with van der Waals surface area (Å²) in [5, 5.41) is 1.07. The molecule has 2 aliphatic rings. The Bertz CT molecular complexity index is 1430. The van der Waals surface area contributed by atoms with E-state index in [0.29, 0.717) is 59.2 Å². The second-order valence-electron chi connectivity index (χ2n) is 8.19. The summed E-state index contributed by atoms with van der Waals surface area (Å²) in [4.78, 5) is 0. The third kappa shape index (κ3) is 6.04. The molecule has 0 heterocycles. The minimum atomic E-state index is -1.24. The van der Waals surface area contributed by atoms with Gasteiger partial charge in [0, 0.05) is 29.1 Å². The largest absolute Gasteiger partial charge is 0.115 e. The molecular weight excluding hydrogens is 1030 g/mol. The molecule has 40 heavy (non-hydrogen) atoms. The third-order valence-electron chi connectivity index (χ3n) is 5.97. The zero-order valence-electron chi connectivity index (χ0n) is 18.7. The van der Waals surface area contributed by atoms with Gasteiger partial charge in [0.15, 0.2) is 0 Å². The second-order valence-corrected chi connectivity index (χ2v) is 18.2.